The number of halogens is 1. The second-order valence-corrected chi connectivity index (χ2v) is 9.28. The highest BCUT2D eigenvalue weighted by Crippen LogP contribution is 2.26. The van der Waals surface area contributed by atoms with Crippen molar-refractivity contribution in [2.45, 2.75) is 63.4 Å². The molecular formula is C21H37IN4O3S. The number of methoxy groups -OCH3 is 1. The Balaban J connectivity index is 0.00000450. The van der Waals surface area contributed by atoms with Gasteiger partial charge in [-0.05, 0) is 43.4 Å². The standard InChI is InChI=1S/C21H36N4O3S.HI/c1-4-17-8-6-10-19(14-17)25-21(22-5-2)23-16-18-9-7-11-20(15-18)29(26,27)24-12-13-28-3;/h7,9,11,15,17,19,24H,4-6,8,10,12-14,16H2,1-3H3,(H2,22,23,25);1H. The monoisotopic (exact) mass is 552 g/mol. The first-order valence-corrected chi connectivity index (χ1v) is 12.1. The van der Waals surface area contributed by atoms with Crippen molar-refractivity contribution in [3.63, 3.8) is 0 Å². The third-order valence-corrected chi connectivity index (χ3v) is 6.73. The largest absolute Gasteiger partial charge is 0.383 e. The smallest absolute Gasteiger partial charge is 0.240 e. The Morgan fingerprint density at radius 3 is 2.77 bits per heavy atom. The molecular weight excluding hydrogens is 515 g/mol. The number of aliphatic imine (C=N–C) groups is 1. The van der Waals surface area contributed by atoms with Crippen LogP contribution in [0.15, 0.2) is 34.2 Å². The van der Waals surface area contributed by atoms with E-state index in [0.717, 1.165) is 24.0 Å². The van der Waals surface area contributed by atoms with E-state index in [1.165, 1.54) is 32.1 Å². The summed E-state index contributed by atoms with van der Waals surface area (Å²) in [6.07, 6.45) is 6.16. The van der Waals surface area contributed by atoms with Gasteiger partial charge in [-0.2, -0.15) is 0 Å². The predicted molar refractivity (Wildman–Crippen MR) is 133 cm³/mol. The van der Waals surface area contributed by atoms with Crippen LogP contribution in [0.25, 0.3) is 0 Å². The number of sulfonamides is 1. The van der Waals surface area contributed by atoms with Gasteiger partial charge in [0.2, 0.25) is 10.0 Å². The minimum absolute atomic E-state index is 0. The van der Waals surface area contributed by atoms with E-state index in [0.29, 0.717) is 19.2 Å². The van der Waals surface area contributed by atoms with Crippen molar-refractivity contribution in [1.29, 1.82) is 0 Å². The second-order valence-electron chi connectivity index (χ2n) is 7.52. The number of nitrogens with zero attached hydrogens (tertiary/aromatic N) is 1. The molecule has 1 aromatic rings. The zero-order valence-electron chi connectivity index (χ0n) is 18.3. The van der Waals surface area contributed by atoms with Crippen LogP contribution in [0.5, 0.6) is 0 Å². The minimum Gasteiger partial charge on any atom is -0.383 e. The van der Waals surface area contributed by atoms with Gasteiger partial charge < -0.3 is 15.4 Å². The Bertz CT molecular complexity index is 758. The molecule has 7 nitrogen and oxygen atoms in total. The van der Waals surface area contributed by atoms with Gasteiger partial charge in [0.25, 0.3) is 0 Å². The summed E-state index contributed by atoms with van der Waals surface area (Å²) < 4.78 is 32.2. The van der Waals surface area contributed by atoms with E-state index < -0.39 is 10.0 Å². The average Bonchev–Trinajstić information content (AvgIpc) is 2.72. The molecule has 9 heteroatoms. The minimum atomic E-state index is -3.55. The Morgan fingerprint density at radius 2 is 2.07 bits per heavy atom. The lowest BCUT2D eigenvalue weighted by atomic mass is 9.84. The number of rotatable bonds is 10. The van der Waals surface area contributed by atoms with Crippen LogP contribution >= 0.6 is 24.0 Å². The lowest BCUT2D eigenvalue weighted by molar-refractivity contribution is 0.204. The van der Waals surface area contributed by atoms with Crippen LogP contribution in [-0.2, 0) is 21.3 Å². The SMILES string of the molecule is CCNC(=NCc1cccc(S(=O)(=O)NCCOC)c1)NC1CCCC(CC)C1.I. The second kappa shape index (κ2) is 14.2. The lowest BCUT2D eigenvalue weighted by Gasteiger charge is -2.30. The topological polar surface area (TPSA) is 91.8 Å². The van der Waals surface area contributed by atoms with Crippen LogP contribution in [0.3, 0.4) is 0 Å². The van der Waals surface area contributed by atoms with Gasteiger partial charge in [-0.25, -0.2) is 18.1 Å². The van der Waals surface area contributed by atoms with Gasteiger partial charge in [0.05, 0.1) is 18.0 Å². The molecule has 1 aromatic carbocycles. The van der Waals surface area contributed by atoms with Gasteiger partial charge in [-0.3, -0.25) is 0 Å². The molecule has 0 amide bonds. The number of benzene rings is 1. The normalized spacial score (nSPS) is 19.8. The fourth-order valence-corrected chi connectivity index (χ4v) is 4.73. The average molecular weight is 553 g/mol. The molecule has 0 spiro atoms. The van der Waals surface area contributed by atoms with Crippen LogP contribution in [0.2, 0.25) is 0 Å². The first-order valence-electron chi connectivity index (χ1n) is 10.6. The van der Waals surface area contributed by atoms with Crippen LogP contribution in [0.4, 0.5) is 0 Å². The summed E-state index contributed by atoms with van der Waals surface area (Å²) in [5.74, 6) is 1.58. The lowest BCUT2D eigenvalue weighted by Crippen LogP contribution is -2.45. The third-order valence-electron chi connectivity index (χ3n) is 5.27. The number of ether oxygens (including phenoxy) is 1. The van der Waals surface area contributed by atoms with E-state index in [9.17, 15) is 8.42 Å². The Labute approximate surface area is 198 Å². The molecule has 0 bridgehead atoms. The summed E-state index contributed by atoms with van der Waals surface area (Å²) in [4.78, 5) is 4.93. The predicted octanol–water partition coefficient (Wildman–Crippen LogP) is 3.25. The maximum atomic E-state index is 12.4. The van der Waals surface area contributed by atoms with E-state index in [4.69, 9.17) is 4.74 Å². The third kappa shape index (κ3) is 9.07. The number of nitrogens with one attached hydrogen (secondary N) is 3. The molecule has 1 aliphatic rings. The van der Waals surface area contributed by atoms with Crippen LogP contribution < -0.4 is 15.4 Å². The molecule has 0 radical (unpaired) electrons. The summed E-state index contributed by atoms with van der Waals surface area (Å²) in [7, 11) is -2.01. The van der Waals surface area contributed by atoms with Gasteiger partial charge in [0.15, 0.2) is 5.96 Å². The molecule has 1 fully saturated rings. The summed E-state index contributed by atoms with van der Waals surface area (Å²) in [6.45, 7) is 6.09. The van der Waals surface area contributed by atoms with E-state index in [-0.39, 0.29) is 35.4 Å². The Morgan fingerprint density at radius 1 is 1.27 bits per heavy atom. The molecule has 2 unspecified atom stereocenters. The summed E-state index contributed by atoms with van der Waals surface area (Å²) in [5, 5.41) is 6.87. The molecule has 0 saturated heterocycles. The maximum Gasteiger partial charge on any atom is 0.240 e. The Hall–Kier alpha value is -0.910. The number of guanidine groups is 1. The molecule has 1 aliphatic carbocycles. The molecule has 0 aromatic heterocycles. The highest BCUT2D eigenvalue weighted by atomic mass is 127. The van der Waals surface area contributed by atoms with Crippen molar-refractivity contribution >= 4 is 40.0 Å². The van der Waals surface area contributed by atoms with E-state index in [1.54, 1.807) is 25.3 Å². The van der Waals surface area contributed by atoms with Crippen molar-refractivity contribution in [1.82, 2.24) is 15.4 Å². The fourth-order valence-electron chi connectivity index (χ4n) is 3.65. The van der Waals surface area contributed by atoms with Gasteiger partial charge in [0.1, 0.15) is 0 Å². The van der Waals surface area contributed by atoms with E-state index in [2.05, 4.69) is 27.3 Å². The zero-order valence-corrected chi connectivity index (χ0v) is 21.5. The van der Waals surface area contributed by atoms with Crippen molar-refractivity contribution in [3.8, 4) is 0 Å². The summed E-state index contributed by atoms with van der Waals surface area (Å²) >= 11 is 0. The molecule has 0 heterocycles. The highest BCUT2D eigenvalue weighted by Gasteiger charge is 2.21. The molecule has 2 rings (SSSR count). The van der Waals surface area contributed by atoms with Crippen LogP contribution in [0, 0.1) is 5.92 Å². The highest BCUT2D eigenvalue weighted by molar-refractivity contribution is 14.0. The molecule has 2 atom stereocenters. The summed E-state index contributed by atoms with van der Waals surface area (Å²) in [6, 6.07) is 7.37. The molecule has 30 heavy (non-hydrogen) atoms. The first-order chi connectivity index (χ1) is 14.0. The molecule has 1 saturated carbocycles. The van der Waals surface area contributed by atoms with Crippen LogP contribution in [-0.4, -0.2) is 47.2 Å². The quantitative estimate of drug-likeness (QED) is 0.180. The van der Waals surface area contributed by atoms with Crippen molar-refractivity contribution in [2.24, 2.45) is 10.9 Å². The van der Waals surface area contributed by atoms with E-state index in [1.807, 2.05) is 13.0 Å². The molecule has 0 aliphatic heterocycles. The maximum absolute atomic E-state index is 12.4. The van der Waals surface area contributed by atoms with E-state index >= 15 is 0 Å². The van der Waals surface area contributed by atoms with Crippen molar-refractivity contribution in [2.75, 3.05) is 26.8 Å². The van der Waals surface area contributed by atoms with Gasteiger partial charge in [-0.1, -0.05) is 38.3 Å². The number of hydrogen-bond acceptors (Lipinski definition) is 4. The van der Waals surface area contributed by atoms with Gasteiger partial charge in [-0.15, -0.1) is 24.0 Å². The zero-order chi connectivity index (χ0) is 21.1. The van der Waals surface area contributed by atoms with Crippen LogP contribution in [0.1, 0.15) is 51.5 Å². The van der Waals surface area contributed by atoms with Crippen molar-refractivity contribution < 1.29 is 13.2 Å². The molecule has 3 N–H and O–H groups in total. The van der Waals surface area contributed by atoms with Gasteiger partial charge in [0, 0.05) is 26.2 Å². The molecule has 172 valence electrons. The van der Waals surface area contributed by atoms with Gasteiger partial charge >= 0.3 is 0 Å². The fraction of sp³-hybridized carbons (Fsp3) is 0.667. The Kier molecular flexibility index (Phi) is 12.8. The number of hydrogen-bond donors (Lipinski definition) is 3. The summed E-state index contributed by atoms with van der Waals surface area (Å²) in [5.41, 5.74) is 0.854. The van der Waals surface area contributed by atoms with Crippen molar-refractivity contribution in [3.05, 3.63) is 29.8 Å². The first kappa shape index (κ1) is 27.1.